The lowest BCUT2D eigenvalue weighted by molar-refractivity contribution is 0.0983. The Morgan fingerprint density at radius 2 is 2.05 bits per heavy atom. The van der Waals surface area contributed by atoms with Gasteiger partial charge >= 0.3 is 6.09 Å². The summed E-state index contributed by atoms with van der Waals surface area (Å²) in [5.41, 5.74) is 1.03. The van der Waals surface area contributed by atoms with E-state index in [2.05, 4.69) is 36.1 Å². The van der Waals surface area contributed by atoms with Gasteiger partial charge in [-0.1, -0.05) is 20.8 Å². The molecule has 6 nitrogen and oxygen atoms in total. The highest BCUT2D eigenvalue weighted by Crippen LogP contribution is 2.22. The summed E-state index contributed by atoms with van der Waals surface area (Å²) in [5, 5.41) is 3.45. The van der Waals surface area contributed by atoms with E-state index in [-0.39, 0.29) is 11.5 Å². The summed E-state index contributed by atoms with van der Waals surface area (Å²) in [6.45, 7) is 10.1. The number of hydrogen-bond donors (Lipinski definition) is 1. The van der Waals surface area contributed by atoms with Crippen LogP contribution < -0.4 is 5.32 Å². The molecule has 0 atom stereocenters. The molecule has 2 rings (SSSR count). The molecular formula is C16H26N4O2. The molecule has 1 saturated heterocycles. The number of ether oxygens (including phenoxy) is 1. The van der Waals surface area contributed by atoms with Crippen LogP contribution in [-0.4, -0.2) is 46.7 Å². The number of nitrogens with zero attached hydrogens (tertiary/aromatic N) is 3. The van der Waals surface area contributed by atoms with Crippen LogP contribution in [0.15, 0.2) is 12.4 Å². The van der Waals surface area contributed by atoms with E-state index >= 15 is 0 Å². The zero-order valence-electron chi connectivity index (χ0n) is 13.9. The number of anilines is 1. The standard InChI is InChI=1S/C16H26N4O2/c1-5-22-15(21)20-8-6-12(7-9-20)19-14-10-13(16(2,3)4)17-11-18-14/h10-12H,5-9H2,1-4H3,(H,17,18,19). The number of nitrogens with one attached hydrogen (secondary N) is 1. The maximum atomic E-state index is 11.7. The molecule has 6 heteroatoms. The number of hydrogen-bond acceptors (Lipinski definition) is 5. The van der Waals surface area contributed by atoms with Crippen LogP contribution in [0.25, 0.3) is 0 Å². The molecule has 0 saturated carbocycles. The number of amides is 1. The second-order valence-corrected chi connectivity index (χ2v) is 6.64. The molecule has 1 aromatic heterocycles. The lowest BCUT2D eigenvalue weighted by Crippen LogP contribution is -2.42. The molecule has 1 aliphatic heterocycles. The van der Waals surface area contributed by atoms with Gasteiger partial charge in [0.15, 0.2) is 0 Å². The van der Waals surface area contributed by atoms with Gasteiger partial charge in [-0.25, -0.2) is 14.8 Å². The van der Waals surface area contributed by atoms with Gasteiger partial charge in [-0.2, -0.15) is 0 Å². The Balaban J connectivity index is 1.90. The monoisotopic (exact) mass is 306 g/mol. The normalized spacial score (nSPS) is 16.5. The number of carbonyl (C=O) groups excluding carboxylic acids is 1. The summed E-state index contributed by atoms with van der Waals surface area (Å²) in [6.07, 6.45) is 3.19. The summed E-state index contributed by atoms with van der Waals surface area (Å²) in [5.74, 6) is 0.856. The van der Waals surface area contributed by atoms with Crippen molar-refractivity contribution in [3.8, 4) is 0 Å². The van der Waals surface area contributed by atoms with Crippen LogP contribution in [-0.2, 0) is 10.2 Å². The van der Waals surface area contributed by atoms with Gasteiger partial charge in [0.1, 0.15) is 12.1 Å². The van der Waals surface area contributed by atoms with Crippen molar-refractivity contribution in [2.24, 2.45) is 0 Å². The van der Waals surface area contributed by atoms with E-state index in [1.165, 1.54) is 0 Å². The summed E-state index contributed by atoms with van der Waals surface area (Å²) in [7, 11) is 0. The third-order valence-electron chi connectivity index (χ3n) is 3.81. The zero-order valence-corrected chi connectivity index (χ0v) is 13.9. The van der Waals surface area contributed by atoms with E-state index in [9.17, 15) is 4.79 Å². The summed E-state index contributed by atoms with van der Waals surface area (Å²) in [4.78, 5) is 22.1. The van der Waals surface area contributed by atoms with Gasteiger partial charge in [-0.15, -0.1) is 0 Å². The van der Waals surface area contributed by atoms with Crippen LogP contribution in [0.5, 0.6) is 0 Å². The van der Waals surface area contributed by atoms with Gasteiger partial charge in [-0.3, -0.25) is 0 Å². The molecule has 122 valence electrons. The first kappa shape index (κ1) is 16.5. The lowest BCUT2D eigenvalue weighted by Gasteiger charge is -2.32. The van der Waals surface area contributed by atoms with Crippen LogP contribution in [0.4, 0.5) is 10.6 Å². The third kappa shape index (κ3) is 4.32. The van der Waals surface area contributed by atoms with Gasteiger partial charge in [0.25, 0.3) is 0 Å². The smallest absolute Gasteiger partial charge is 0.409 e. The van der Waals surface area contributed by atoms with Gasteiger partial charge in [0.05, 0.1) is 12.3 Å². The predicted octanol–water partition coefficient (Wildman–Crippen LogP) is 2.81. The van der Waals surface area contributed by atoms with Crippen LogP contribution >= 0.6 is 0 Å². The van der Waals surface area contributed by atoms with E-state index in [1.807, 2.05) is 13.0 Å². The average Bonchev–Trinajstić information content (AvgIpc) is 2.48. The minimum Gasteiger partial charge on any atom is -0.450 e. The molecule has 1 N–H and O–H groups in total. The highest BCUT2D eigenvalue weighted by Gasteiger charge is 2.24. The van der Waals surface area contributed by atoms with Crippen molar-refractivity contribution in [3.63, 3.8) is 0 Å². The van der Waals surface area contributed by atoms with Crippen molar-refractivity contribution >= 4 is 11.9 Å². The topological polar surface area (TPSA) is 67.3 Å². The predicted molar refractivity (Wildman–Crippen MR) is 86.0 cm³/mol. The number of rotatable bonds is 3. The molecule has 0 unspecified atom stereocenters. The van der Waals surface area contributed by atoms with Crippen LogP contribution in [0.2, 0.25) is 0 Å². The highest BCUT2D eigenvalue weighted by molar-refractivity contribution is 5.67. The van der Waals surface area contributed by atoms with Crippen molar-refractivity contribution in [1.29, 1.82) is 0 Å². The second-order valence-electron chi connectivity index (χ2n) is 6.64. The highest BCUT2D eigenvalue weighted by atomic mass is 16.6. The lowest BCUT2D eigenvalue weighted by atomic mass is 9.92. The Labute approximate surface area is 132 Å². The minimum absolute atomic E-state index is 0.00659. The number of piperidine rings is 1. The van der Waals surface area contributed by atoms with Crippen LogP contribution in [0, 0.1) is 0 Å². The third-order valence-corrected chi connectivity index (χ3v) is 3.81. The quantitative estimate of drug-likeness (QED) is 0.930. The molecule has 0 bridgehead atoms. The first-order valence-corrected chi connectivity index (χ1v) is 7.91. The molecule has 0 aliphatic carbocycles. The maximum absolute atomic E-state index is 11.7. The Kier molecular flexibility index (Phi) is 5.21. The maximum Gasteiger partial charge on any atom is 0.409 e. The first-order chi connectivity index (χ1) is 10.4. The fourth-order valence-corrected chi connectivity index (χ4v) is 2.48. The van der Waals surface area contributed by atoms with E-state index in [0.29, 0.717) is 25.7 Å². The van der Waals surface area contributed by atoms with Crippen molar-refractivity contribution < 1.29 is 9.53 Å². The van der Waals surface area contributed by atoms with Crippen molar-refractivity contribution in [2.45, 2.75) is 52.0 Å². The molecule has 22 heavy (non-hydrogen) atoms. The van der Waals surface area contributed by atoms with Gasteiger partial charge < -0.3 is 15.0 Å². The minimum atomic E-state index is -0.210. The SMILES string of the molecule is CCOC(=O)N1CCC(Nc2cc(C(C)(C)C)ncn2)CC1. The van der Waals surface area contributed by atoms with Crippen LogP contribution in [0.3, 0.4) is 0 Å². The summed E-state index contributed by atoms with van der Waals surface area (Å²) >= 11 is 0. The zero-order chi connectivity index (χ0) is 16.2. The molecule has 1 amide bonds. The Hall–Kier alpha value is -1.85. The average molecular weight is 306 g/mol. The molecular weight excluding hydrogens is 280 g/mol. The molecule has 0 radical (unpaired) electrons. The van der Waals surface area contributed by atoms with E-state index < -0.39 is 0 Å². The Morgan fingerprint density at radius 1 is 1.36 bits per heavy atom. The molecule has 1 aromatic rings. The van der Waals surface area contributed by atoms with E-state index in [1.54, 1.807) is 11.2 Å². The molecule has 2 heterocycles. The van der Waals surface area contributed by atoms with Crippen molar-refractivity contribution in [1.82, 2.24) is 14.9 Å². The molecule has 1 fully saturated rings. The number of carbonyl (C=O) groups is 1. The summed E-state index contributed by atoms with van der Waals surface area (Å²) < 4.78 is 5.03. The number of aromatic nitrogens is 2. The molecule has 0 spiro atoms. The summed E-state index contributed by atoms with van der Waals surface area (Å²) in [6, 6.07) is 2.34. The van der Waals surface area contributed by atoms with Crippen molar-refractivity contribution in [3.05, 3.63) is 18.1 Å². The first-order valence-electron chi connectivity index (χ1n) is 7.91. The van der Waals surface area contributed by atoms with Gasteiger partial charge in [-0.05, 0) is 19.8 Å². The fraction of sp³-hybridized carbons (Fsp3) is 0.688. The second kappa shape index (κ2) is 6.94. The molecule has 0 aromatic carbocycles. The molecule has 1 aliphatic rings. The number of likely N-dealkylation sites (tertiary alicyclic amines) is 1. The van der Waals surface area contributed by atoms with Crippen molar-refractivity contribution in [2.75, 3.05) is 25.0 Å². The fourth-order valence-electron chi connectivity index (χ4n) is 2.48. The van der Waals surface area contributed by atoms with E-state index in [0.717, 1.165) is 24.4 Å². The van der Waals surface area contributed by atoms with E-state index in [4.69, 9.17) is 4.74 Å². The van der Waals surface area contributed by atoms with Crippen LogP contribution in [0.1, 0.15) is 46.2 Å². The van der Waals surface area contributed by atoms with Gasteiger partial charge in [0, 0.05) is 30.6 Å². The van der Waals surface area contributed by atoms with Gasteiger partial charge in [0.2, 0.25) is 0 Å². The Bertz CT molecular complexity index is 505. The Morgan fingerprint density at radius 3 is 2.64 bits per heavy atom. The largest absolute Gasteiger partial charge is 0.450 e.